The van der Waals surface area contributed by atoms with Gasteiger partial charge in [0.05, 0.1) is 0 Å². The molecule has 1 aliphatic heterocycles. The number of benzene rings is 1. The maximum absolute atomic E-state index is 5.87. The molecule has 104 valence electrons. The molecule has 2 rings (SSSR count). The van der Waals surface area contributed by atoms with Gasteiger partial charge < -0.3 is 10.6 Å². The molecule has 1 aromatic carbocycles. The SMILES string of the molecule is CCCC1CCN(c2ccc(C)cc2C(N)=S)CC1. The molecule has 2 N–H and O–H groups in total. The summed E-state index contributed by atoms with van der Waals surface area (Å²) in [7, 11) is 0. The largest absolute Gasteiger partial charge is 0.389 e. The minimum Gasteiger partial charge on any atom is -0.389 e. The number of aryl methyl sites for hydroxylation is 1. The van der Waals surface area contributed by atoms with Crippen molar-refractivity contribution in [2.45, 2.75) is 39.5 Å². The van der Waals surface area contributed by atoms with Crippen LogP contribution in [-0.4, -0.2) is 18.1 Å². The van der Waals surface area contributed by atoms with Crippen molar-refractivity contribution in [2.24, 2.45) is 11.7 Å². The topological polar surface area (TPSA) is 29.3 Å². The number of thiocarbonyl (C=S) groups is 1. The Morgan fingerprint density at radius 2 is 2.05 bits per heavy atom. The van der Waals surface area contributed by atoms with Crippen molar-refractivity contribution in [3.8, 4) is 0 Å². The molecule has 1 saturated heterocycles. The maximum Gasteiger partial charge on any atom is 0.106 e. The molecule has 3 heteroatoms. The highest BCUT2D eigenvalue weighted by molar-refractivity contribution is 7.80. The van der Waals surface area contributed by atoms with Crippen molar-refractivity contribution in [2.75, 3.05) is 18.0 Å². The van der Waals surface area contributed by atoms with Gasteiger partial charge in [0.2, 0.25) is 0 Å². The monoisotopic (exact) mass is 276 g/mol. The Morgan fingerprint density at radius 1 is 1.37 bits per heavy atom. The van der Waals surface area contributed by atoms with Crippen LogP contribution in [0.25, 0.3) is 0 Å². The van der Waals surface area contributed by atoms with E-state index in [-0.39, 0.29) is 0 Å². The molecule has 0 aromatic heterocycles. The average molecular weight is 276 g/mol. The summed E-state index contributed by atoms with van der Waals surface area (Å²) in [5, 5.41) is 0. The number of nitrogens with two attached hydrogens (primary N) is 1. The van der Waals surface area contributed by atoms with Crippen molar-refractivity contribution in [3.63, 3.8) is 0 Å². The zero-order valence-corrected chi connectivity index (χ0v) is 12.8. The normalized spacial score (nSPS) is 16.6. The zero-order valence-electron chi connectivity index (χ0n) is 12.0. The number of piperidine rings is 1. The van der Waals surface area contributed by atoms with Gasteiger partial charge in [0.25, 0.3) is 0 Å². The lowest BCUT2D eigenvalue weighted by molar-refractivity contribution is 0.378. The van der Waals surface area contributed by atoms with E-state index < -0.39 is 0 Å². The third-order valence-corrected chi connectivity index (χ3v) is 4.29. The Morgan fingerprint density at radius 3 is 2.63 bits per heavy atom. The molecule has 1 aromatic rings. The van der Waals surface area contributed by atoms with Crippen molar-refractivity contribution in [3.05, 3.63) is 29.3 Å². The summed E-state index contributed by atoms with van der Waals surface area (Å²) in [6, 6.07) is 6.43. The van der Waals surface area contributed by atoms with Crippen LogP contribution in [0.3, 0.4) is 0 Å². The predicted octanol–water partition coefficient (Wildman–Crippen LogP) is 3.65. The Bertz CT molecular complexity index is 448. The highest BCUT2D eigenvalue weighted by atomic mass is 32.1. The lowest BCUT2D eigenvalue weighted by Crippen LogP contribution is -2.35. The first-order valence-electron chi connectivity index (χ1n) is 7.27. The third kappa shape index (κ3) is 3.47. The van der Waals surface area contributed by atoms with E-state index in [1.165, 1.54) is 36.9 Å². The van der Waals surface area contributed by atoms with Gasteiger partial charge >= 0.3 is 0 Å². The molecular formula is C16H24N2S. The zero-order chi connectivity index (χ0) is 13.8. The van der Waals surface area contributed by atoms with E-state index in [4.69, 9.17) is 18.0 Å². The number of nitrogens with zero attached hydrogens (tertiary/aromatic N) is 1. The van der Waals surface area contributed by atoms with Crippen molar-refractivity contribution >= 4 is 22.9 Å². The first-order valence-corrected chi connectivity index (χ1v) is 7.68. The first-order chi connectivity index (χ1) is 9.11. The summed E-state index contributed by atoms with van der Waals surface area (Å²) in [4.78, 5) is 2.95. The summed E-state index contributed by atoms with van der Waals surface area (Å²) in [6.07, 6.45) is 5.24. The third-order valence-electron chi connectivity index (χ3n) is 4.07. The first kappa shape index (κ1) is 14.3. The maximum atomic E-state index is 5.87. The molecule has 2 nitrogen and oxygen atoms in total. The smallest absolute Gasteiger partial charge is 0.106 e. The summed E-state index contributed by atoms with van der Waals surface area (Å²) < 4.78 is 0. The Balaban J connectivity index is 2.13. The molecule has 1 heterocycles. The molecule has 19 heavy (non-hydrogen) atoms. The lowest BCUT2D eigenvalue weighted by atomic mass is 9.92. The van der Waals surface area contributed by atoms with E-state index in [9.17, 15) is 0 Å². The number of hydrogen-bond acceptors (Lipinski definition) is 2. The molecule has 0 unspecified atom stereocenters. The van der Waals surface area contributed by atoms with Crippen LogP contribution in [0.2, 0.25) is 0 Å². The number of anilines is 1. The van der Waals surface area contributed by atoms with Crippen LogP contribution in [0.5, 0.6) is 0 Å². The highest BCUT2D eigenvalue weighted by Gasteiger charge is 2.21. The van der Waals surface area contributed by atoms with Gasteiger partial charge in [-0.2, -0.15) is 0 Å². The second-order valence-corrected chi connectivity index (χ2v) is 6.04. The Kier molecular flexibility index (Phi) is 4.81. The molecule has 1 fully saturated rings. The quantitative estimate of drug-likeness (QED) is 0.851. The summed E-state index contributed by atoms with van der Waals surface area (Å²) in [6.45, 7) is 6.61. The molecule has 0 atom stereocenters. The Hall–Kier alpha value is -1.09. The van der Waals surface area contributed by atoms with Crippen LogP contribution in [0.15, 0.2) is 18.2 Å². The standard InChI is InChI=1S/C16H24N2S/c1-3-4-13-7-9-18(10-8-13)15-6-5-12(2)11-14(15)16(17)19/h5-6,11,13H,3-4,7-10H2,1-2H3,(H2,17,19). The van der Waals surface area contributed by atoms with Crippen LogP contribution < -0.4 is 10.6 Å². The molecule has 0 bridgehead atoms. The van der Waals surface area contributed by atoms with Crippen LogP contribution >= 0.6 is 12.2 Å². The molecule has 0 aliphatic carbocycles. The van der Waals surface area contributed by atoms with Gasteiger partial charge in [0, 0.05) is 24.3 Å². The van der Waals surface area contributed by atoms with Gasteiger partial charge in [-0.3, -0.25) is 0 Å². The van der Waals surface area contributed by atoms with E-state index in [2.05, 4.69) is 36.9 Å². The second-order valence-electron chi connectivity index (χ2n) is 5.60. The van der Waals surface area contributed by atoms with Crippen molar-refractivity contribution in [1.82, 2.24) is 0 Å². The van der Waals surface area contributed by atoms with Gasteiger partial charge in [-0.05, 0) is 37.8 Å². The minimum atomic E-state index is 0.509. The Labute approximate surface area is 122 Å². The summed E-state index contributed by atoms with van der Waals surface area (Å²) in [5.74, 6) is 0.903. The molecule has 0 saturated carbocycles. The highest BCUT2D eigenvalue weighted by Crippen LogP contribution is 2.28. The molecule has 0 amide bonds. The van der Waals surface area contributed by atoms with Gasteiger partial charge in [-0.25, -0.2) is 0 Å². The average Bonchev–Trinajstić information content (AvgIpc) is 2.40. The van der Waals surface area contributed by atoms with Crippen LogP contribution in [0, 0.1) is 12.8 Å². The van der Waals surface area contributed by atoms with E-state index >= 15 is 0 Å². The van der Waals surface area contributed by atoms with Gasteiger partial charge in [-0.1, -0.05) is 43.6 Å². The van der Waals surface area contributed by atoms with Crippen molar-refractivity contribution in [1.29, 1.82) is 0 Å². The fourth-order valence-electron chi connectivity index (χ4n) is 2.99. The predicted molar refractivity (Wildman–Crippen MR) is 86.9 cm³/mol. The van der Waals surface area contributed by atoms with Gasteiger partial charge in [0.1, 0.15) is 4.99 Å². The van der Waals surface area contributed by atoms with Crippen LogP contribution in [-0.2, 0) is 0 Å². The van der Waals surface area contributed by atoms with Crippen LogP contribution in [0.4, 0.5) is 5.69 Å². The van der Waals surface area contributed by atoms with E-state index in [1.807, 2.05) is 0 Å². The molecule has 0 radical (unpaired) electrons. The van der Waals surface area contributed by atoms with E-state index in [0.717, 1.165) is 24.6 Å². The fourth-order valence-corrected chi connectivity index (χ4v) is 3.16. The molecular weight excluding hydrogens is 252 g/mol. The number of rotatable bonds is 4. The minimum absolute atomic E-state index is 0.509. The van der Waals surface area contributed by atoms with Crippen LogP contribution in [0.1, 0.15) is 43.7 Å². The van der Waals surface area contributed by atoms with E-state index in [1.54, 1.807) is 0 Å². The summed E-state index contributed by atoms with van der Waals surface area (Å²) in [5.41, 5.74) is 9.33. The summed E-state index contributed by atoms with van der Waals surface area (Å²) >= 11 is 5.19. The fraction of sp³-hybridized carbons (Fsp3) is 0.562. The number of hydrogen-bond donors (Lipinski definition) is 1. The molecule has 0 spiro atoms. The van der Waals surface area contributed by atoms with Crippen molar-refractivity contribution < 1.29 is 0 Å². The van der Waals surface area contributed by atoms with Gasteiger partial charge in [0.15, 0.2) is 0 Å². The lowest BCUT2D eigenvalue weighted by Gasteiger charge is -2.34. The van der Waals surface area contributed by atoms with Gasteiger partial charge in [-0.15, -0.1) is 0 Å². The van der Waals surface area contributed by atoms with E-state index in [0.29, 0.717) is 4.99 Å². The second kappa shape index (κ2) is 6.38. The molecule has 1 aliphatic rings.